The summed E-state index contributed by atoms with van der Waals surface area (Å²) < 4.78 is 1.81. The first kappa shape index (κ1) is 8.65. The summed E-state index contributed by atoms with van der Waals surface area (Å²) in [5, 5.41) is 4.48. The van der Waals surface area contributed by atoms with E-state index >= 15 is 0 Å². The highest BCUT2D eigenvalue weighted by molar-refractivity contribution is 6.00. The van der Waals surface area contributed by atoms with Crippen molar-refractivity contribution in [2.45, 2.75) is 25.7 Å². The smallest absolute Gasteiger partial charge is 0.161 e. The van der Waals surface area contributed by atoms with Crippen LogP contribution in [0.25, 0.3) is 5.52 Å². The van der Waals surface area contributed by atoms with E-state index in [-0.39, 0.29) is 5.78 Å². The molecule has 0 unspecified atom stereocenters. The summed E-state index contributed by atoms with van der Waals surface area (Å²) in [7, 11) is 0. The van der Waals surface area contributed by atoms with Gasteiger partial charge < -0.3 is 0 Å². The predicted molar refractivity (Wildman–Crippen MR) is 57.2 cm³/mol. The molecule has 0 amide bonds. The highest BCUT2D eigenvalue weighted by atomic mass is 16.1. The van der Waals surface area contributed by atoms with Crippen molar-refractivity contribution in [3.05, 3.63) is 35.7 Å². The van der Waals surface area contributed by atoms with Gasteiger partial charge in [-0.1, -0.05) is 0 Å². The lowest BCUT2D eigenvalue weighted by Crippen LogP contribution is -1.96. The highest BCUT2D eigenvalue weighted by Gasteiger charge is 2.26. The van der Waals surface area contributed by atoms with Gasteiger partial charge >= 0.3 is 0 Å². The van der Waals surface area contributed by atoms with Gasteiger partial charge in [-0.2, -0.15) is 5.10 Å². The summed E-state index contributed by atoms with van der Waals surface area (Å²) in [4.78, 5) is 11.4. The first-order valence-electron chi connectivity index (χ1n) is 5.25. The van der Waals surface area contributed by atoms with Crippen molar-refractivity contribution < 1.29 is 4.79 Å². The van der Waals surface area contributed by atoms with Crippen molar-refractivity contribution in [2.75, 3.05) is 0 Å². The number of Topliss-reactive ketones (excluding diaryl/α,β-unsaturated/α-hetero) is 1. The van der Waals surface area contributed by atoms with Crippen LogP contribution in [0.15, 0.2) is 24.4 Å². The molecule has 0 saturated heterocycles. The fourth-order valence-electron chi connectivity index (χ4n) is 1.91. The van der Waals surface area contributed by atoms with Crippen LogP contribution < -0.4 is 0 Å². The van der Waals surface area contributed by atoms with Crippen molar-refractivity contribution in [3.63, 3.8) is 0 Å². The fourth-order valence-corrected chi connectivity index (χ4v) is 1.91. The summed E-state index contributed by atoms with van der Waals surface area (Å²) >= 11 is 0. The Morgan fingerprint density at radius 3 is 3.00 bits per heavy atom. The van der Waals surface area contributed by atoms with Gasteiger partial charge in [-0.05, 0) is 38.0 Å². The van der Waals surface area contributed by atoms with Crippen LogP contribution in [0.4, 0.5) is 0 Å². The van der Waals surface area contributed by atoms with E-state index in [2.05, 4.69) is 11.2 Å². The Labute approximate surface area is 87.7 Å². The maximum atomic E-state index is 11.4. The van der Waals surface area contributed by atoms with Gasteiger partial charge in [0.2, 0.25) is 0 Å². The molecule has 15 heavy (non-hydrogen) atoms. The van der Waals surface area contributed by atoms with Crippen LogP contribution in [0.5, 0.6) is 0 Å². The number of hydrogen-bond acceptors (Lipinski definition) is 2. The monoisotopic (exact) mass is 200 g/mol. The van der Waals surface area contributed by atoms with Crippen molar-refractivity contribution in [1.82, 2.24) is 9.61 Å². The van der Waals surface area contributed by atoms with E-state index in [4.69, 9.17) is 0 Å². The molecule has 1 aliphatic carbocycles. The van der Waals surface area contributed by atoms with Crippen LogP contribution in [-0.2, 0) is 0 Å². The molecule has 3 rings (SSSR count). The van der Waals surface area contributed by atoms with Crippen molar-refractivity contribution in [2.24, 2.45) is 0 Å². The number of ketones is 1. The lowest BCUT2D eigenvalue weighted by molar-refractivity contribution is 0.101. The normalized spacial score (nSPS) is 15.8. The zero-order chi connectivity index (χ0) is 10.4. The summed E-state index contributed by atoms with van der Waals surface area (Å²) in [6.07, 6.45) is 4.37. The first-order valence-corrected chi connectivity index (χ1v) is 5.25. The third kappa shape index (κ3) is 1.35. The van der Waals surface area contributed by atoms with Crippen molar-refractivity contribution in [3.8, 4) is 0 Å². The van der Waals surface area contributed by atoms with E-state index in [0.717, 1.165) is 16.8 Å². The molecule has 0 radical (unpaired) electrons. The summed E-state index contributed by atoms with van der Waals surface area (Å²) in [6, 6.07) is 5.78. The van der Waals surface area contributed by atoms with Gasteiger partial charge in [0.05, 0.1) is 11.2 Å². The zero-order valence-electron chi connectivity index (χ0n) is 8.60. The Balaban J connectivity index is 2.23. The number of hydrogen-bond donors (Lipinski definition) is 0. The number of carbonyl (C=O) groups is 1. The maximum absolute atomic E-state index is 11.4. The molecular formula is C12H12N2O. The van der Waals surface area contributed by atoms with E-state index in [1.165, 1.54) is 12.8 Å². The molecule has 3 heteroatoms. The molecule has 1 saturated carbocycles. The van der Waals surface area contributed by atoms with Gasteiger partial charge in [-0.25, -0.2) is 4.52 Å². The predicted octanol–water partition coefficient (Wildman–Crippen LogP) is 2.41. The van der Waals surface area contributed by atoms with Gasteiger partial charge in [-0.3, -0.25) is 4.79 Å². The number of fused-ring (bicyclic) bond motifs is 1. The summed E-state index contributed by atoms with van der Waals surface area (Å²) in [5.41, 5.74) is 2.83. The third-order valence-corrected chi connectivity index (χ3v) is 2.90. The molecule has 1 aliphatic rings. The average molecular weight is 200 g/mol. The first-order chi connectivity index (χ1) is 7.25. The molecule has 3 nitrogen and oxygen atoms in total. The average Bonchev–Trinajstić information content (AvgIpc) is 2.96. The molecule has 0 N–H and O–H groups in total. The Morgan fingerprint density at radius 2 is 2.33 bits per heavy atom. The Morgan fingerprint density at radius 1 is 1.53 bits per heavy atom. The number of rotatable bonds is 2. The van der Waals surface area contributed by atoms with E-state index in [1.807, 2.05) is 22.8 Å². The molecule has 2 aromatic rings. The Bertz CT molecular complexity index is 538. The summed E-state index contributed by atoms with van der Waals surface area (Å²) in [6.45, 7) is 1.60. The highest BCUT2D eigenvalue weighted by Crippen LogP contribution is 2.39. The van der Waals surface area contributed by atoms with Gasteiger partial charge in [-0.15, -0.1) is 0 Å². The molecular weight excluding hydrogens is 188 g/mol. The SMILES string of the molecule is CC(=O)c1cccn2nc(C3CC3)cc12. The number of nitrogens with zero attached hydrogens (tertiary/aromatic N) is 2. The molecule has 0 spiro atoms. The molecule has 1 fully saturated rings. The molecule has 2 heterocycles. The van der Waals surface area contributed by atoms with Crippen molar-refractivity contribution in [1.29, 1.82) is 0 Å². The van der Waals surface area contributed by atoms with E-state index < -0.39 is 0 Å². The van der Waals surface area contributed by atoms with Crippen LogP contribution in [0.3, 0.4) is 0 Å². The minimum atomic E-state index is 0.0999. The van der Waals surface area contributed by atoms with E-state index in [1.54, 1.807) is 6.92 Å². The lowest BCUT2D eigenvalue weighted by atomic mass is 10.1. The van der Waals surface area contributed by atoms with Crippen LogP contribution in [-0.4, -0.2) is 15.4 Å². The number of pyridine rings is 1. The second-order valence-electron chi connectivity index (χ2n) is 4.15. The second-order valence-corrected chi connectivity index (χ2v) is 4.15. The Kier molecular flexibility index (Phi) is 1.69. The van der Waals surface area contributed by atoms with Crippen molar-refractivity contribution >= 4 is 11.3 Å². The quantitative estimate of drug-likeness (QED) is 0.698. The zero-order valence-corrected chi connectivity index (χ0v) is 8.60. The third-order valence-electron chi connectivity index (χ3n) is 2.90. The standard InChI is InChI=1S/C12H12N2O/c1-8(15)10-3-2-6-14-12(10)7-11(13-14)9-4-5-9/h2-3,6-7,9H,4-5H2,1H3. The maximum Gasteiger partial charge on any atom is 0.161 e. The number of aromatic nitrogens is 2. The van der Waals surface area contributed by atoms with Crippen LogP contribution >= 0.6 is 0 Å². The molecule has 0 bridgehead atoms. The van der Waals surface area contributed by atoms with Gasteiger partial charge in [0, 0.05) is 17.7 Å². The van der Waals surface area contributed by atoms with Gasteiger partial charge in [0.15, 0.2) is 5.78 Å². The van der Waals surface area contributed by atoms with E-state index in [9.17, 15) is 4.79 Å². The minimum absolute atomic E-state index is 0.0999. The van der Waals surface area contributed by atoms with Crippen LogP contribution in [0.2, 0.25) is 0 Å². The van der Waals surface area contributed by atoms with E-state index in [0.29, 0.717) is 5.92 Å². The molecule has 2 aromatic heterocycles. The molecule has 0 aromatic carbocycles. The summed E-state index contributed by atoms with van der Waals surface area (Å²) in [5.74, 6) is 0.729. The topological polar surface area (TPSA) is 34.4 Å². The molecule has 0 atom stereocenters. The fraction of sp³-hybridized carbons (Fsp3) is 0.333. The molecule has 0 aliphatic heterocycles. The Hall–Kier alpha value is -1.64. The van der Waals surface area contributed by atoms with Gasteiger partial charge in [0.25, 0.3) is 0 Å². The minimum Gasteiger partial charge on any atom is -0.294 e. The van der Waals surface area contributed by atoms with Gasteiger partial charge in [0.1, 0.15) is 0 Å². The molecule has 76 valence electrons. The lowest BCUT2D eigenvalue weighted by Gasteiger charge is -1.97. The number of carbonyl (C=O) groups excluding carboxylic acids is 1. The van der Waals surface area contributed by atoms with Crippen LogP contribution in [0.1, 0.15) is 41.7 Å². The van der Waals surface area contributed by atoms with Crippen LogP contribution in [0, 0.1) is 0 Å². The second kappa shape index (κ2) is 2.92. The largest absolute Gasteiger partial charge is 0.294 e.